The molecule has 2 aliphatic rings. The maximum Gasteiger partial charge on any atom is 0.166 e. The third-order valence-electron chi connectivity index (χ3n) is 3.97. The van der Waals surface area contributed by atoms with Crippen LogP contribution in [0.3, 0.4) is 0 Å². The Morgan fingerprint density at radius 3 is 2.74 bits per heavy atom. The monoisotopic (exact) mass is 261 g/mol. The van der Waals surface area contributed by atoms with Crippen LogP contribution in [0, 0.1) is 5.92 Å². The van der Waals surface area contributed by atoms with Gasteiger partial charge >= 0.3 is 0 Å². The fraction of sp³-hybridized carbons (Fsp3) is 0.533. The molecule has 0 aromatic heterocycles. The van der Waals surface area contributed by atoms with Gasteiger partial charge in [-0.2, -0.15) is 0 Å². The van der Waals surface area contributed by atoms with Crippen molar-refractivity contribution in [1.29, 1.82) is 0 Å². The first-order chi connectivity index (χ1) is 9.26. The Morgan fingerprint density at radius 1 is 1.32 bits per heavy atom. The van der Waals surface area contributed by atoms with Gasteiger partial charge in [-0.05, 0) is 25.0 Å². The molecule has 2 aliphatic heterocycles. The van der Waals surface area contributed by atoms with Crippen LogP contribution < -0.4 is 10.1 Å². The molecule has 2 heterocycles. The molecule has 0 amide bonds. The molecule has 2 unspecified atom stereocenters. The zero-order valence-electron chi connectivity index (χ0n) is 11.1. The molecule has 4 heteroatoms. The molecule has 4 nitrogen and oxygen atoms in total. The molecule has 1 N–H and O–H groups in total. The van der Waals surface area contributed by atoms with Crippen molar-refractivity contribution in [2.75, 3.05) is 20.3 Å². The lowest BCUT2D eigenvalue weighted by molar-refractivity contribution is 0.00952. The molecule has 1 aromatic carbocycles. The van der Waals surface area contributed by atoms with E-state index in [1.807, 2.05) is 24.3 Å². The lowest BCUT2D eigenvalue weighted by atomic mass is 9.82. The molecule has 2 saturated heterocycles. The minimum absolute atomic E-state index is 0.104. The van der Waals surface area contributed by atoms with Crippen LogP contribution in [-0.4, -0.2) is 38.2 Å². The summed E-state index contributed by atoms with van der Waals surface area (Å²) in [5.74, 6) is 1.08. The Bertz CT molecular complexity index is 462. The molecular formula is C15H19NO3. The van der Waals surface area contributed by atoms with Gasteiger partial charge < -0.3 is 14.8 Å². The van der Waals surface area contributed by atoms with Gasteiger partial charge in [0.2, 0.25) is 0 Å². The fourth-order valence-corrected chi connectivity index (χ4v) is 3.06. The van der Waals surface area contributed by atoms with Gasteiger partial charge in [-0.25, -0.2) is 0 Å². The molecule has 2 bridgehead atoms. The van der Waals surface area contributed by atoms with Crippen molar-refractivity contribution in [2.45, 2.75) is 24.9 Å². The van der Waals surface area contributed by atoms with E-state index in [-0.39, 0.29) is 11.7 Å². The standard InChI is InChI=1S/C15H19NO3/c1-18-14-4-2-3-10(7-14)15(17)11-5-12-8-19-9-13(6-11)16-12/h2-4,7,11-13,16H,5-6,8-9H2,1H3. The molecule has 1 aromatic rings. The van der Waals surface area contributed by atoms with Gasteiger partial charge in [-0.1, -0.05) is 12.1 Å². The molecular weight excluding hydrogens is 242 g/mol. The molecule has 0 radical (unpaired) electrons. The number of benzene rings is 1. The molecule has 0 aliphatic carbocycles. The van der Waals surface area contributed by atoms with E-state index in [0.717, 1.165) is 37.4 Å². The van der Waals surface area contributed by atoms with Crippen molar-refractivity contribution in [3.63, 3.8) is 0 Å². The molecule has 2 fully saturated rings. The summed E-state index contributed by atoms with van der Waals surface area (Å²) in [5, 5.41) is 3.51. The SMILES string of the molecule is COc1cccc(C(=O)C2CC3COCC(C2)N3)c1. The van der Waals surface area contributed by atoms with Crippen LogP contribution in [0.1, 0.15) is 23.2 Å². The van der Waals surface area contributed by atoms with E-state index in [9.17, 15) is 4.79 Å². The van der Waals surface area contributed by atoms with E-state index in [2.05, 4.69) is 5.32 Å². The Morgan fingerprint density at radius 2 is 2.05 bits per heavy atom. The average Bonchev–Trinajstić information content (AvgIpc) is 2.46. The minimum atomic E-state index is 0.104. The van der Waals surface area contributed by atoms with E-state index < -0.39 is 0 Å². The van der Waals surface area contributed by atoms with Crippen LogP contribution >= 0.6 is 0 Å². The van der Waals surface area contributed by atoms with Gasteiger partial charge in [0.05, 0.1) is 20.3 Å². The number of rotatable bonds is 3. The second kappa shape index (κ2) is 5.31. The Kier molecular flexibility index (Phi) is 3.53. The first kappa shape index (κ1) is 12.6. The van der Waals surface area contributed by atoms with Gasteiger partial charge in [-0.15, -0.1) is 0 Å². The van der Waals surface area contributed by atoms with Crippen molar-refractivity contribution >= 4 is 5.78 Å². The van der Waals surface area contributed by atoms with Crippen LogP contribution in [0.5, 0.6) is 5.75 Å². The van der Waals surface area contributed by atoms with Crippen LogP contribution in [0.2, 0.25) is 0 Å². The smallest absolute Gasteiger partial charge is 0.166 e. The Labute approximate surface area is 113 Å². The van der Waals surface area contributed by atoms with Crippen LogP contribution in [-0.2, 0) is 4.74 Å². The largest absolute Gasteiger partial charge is 0.497 e. The number of hydrogen-bond donors (Lipinski definition) is 1. The summed E-state index contributed by atoms with van der Waals surface area (Å²) in [6.45, 7) is 1.44. The second-order valence-corrected chi connectivity index (χ2v) is 5.36. The number of ketones is 1. The highest BCUT2D eigenvalue weighted by Crippen LogP contribution is 2.28. The number of morpholine rings is 1. The van der Waals surface area contributed by atoms with Gasteiger partial charge in [-0.3, -0.25) is 4.79 Å². The number of piperidine rings is 1. The van der Waals surface area contributed by atoms with E-state index in [1.54, 1.807) is 7.11 Å². The lowest BCUT2D eigenvalue weighted by Crippen LogP contribution is -2.55. The normalized spacial score (nSPS) is 29.8. The number of Topliss-reactive ketones (excluding diaryl/α,β-unsaturated/α-hetero) is 1. The predicted octanol–water partition coefficient (Wildman–Crippen LogP) is 1.64. The summed E-state index contributed by atoms with van der Waals surface area (Å²) in [5.41, 5.74) is 0.755. The maximum absolute atomic E-state index is 12.6. The fourth-order valence-electron chi connectivity index (χ4n) is 3.06. The summed E-state index contributed by atoms with van der Waals surface area (Å²) in [6, 6.07) is 8.09. The quantitative estimate of drug-likeness (QED) is 0.840. The van der Waals surface area contributed by atoms with Crippen molar-refractivity contribution in [1.82, 2.24) is 5.32 Å². The van der Waals surface area contributed by atoms with Gasteiger partial charge in [0.25, 0.3) is 0 Å². The van der Waals surface area contributed by atoms with Crippen molar-refractivity contribution in [3.05, 3.63) is 29.8 Å². The number of nitrogens with one attached hydrogen (secondary N) is 1. The Hall–Kier alpha value is -1.39. The second-order valence-electron chi connectivity index (χ2n) is 5.36. The van der Waals surface area contributed by atoms with Gasteiger partial charge in [0.1, 0.15) is 5.75 Å². The van der Waals surface area contributed by atoms with E-state index >= 15 is 0 Å². The third-order valence-corrected chi connectivity index (χ3v) is 3.97. The summed E-state index contributed by atoms with van der Waals surface area (Å²) in [4.78, 5) is 12.6. The van der Waals surface area contributed by atoms with Crippen LogP contribution in [0.15, 0.2) is 24.3 Å². The summed E-state index contributed by atoms with van der Waals surface area (Å²) >= 11 is 0. The van der Waals surface area contributed by atoms with Crippen LogP contribution in [0.25, 0.3) is 0 Å². The van der Waals surface area contributed by atoms with Gasteiger partial charge in [0, 0.05) is 23.6 Å². The summed E-state index contributed by atoms with van der Waals surface area (Å²) in [6.07, 6.45) is 1.74. The average molecular weight is 261 g/mol. The number of fused-ring (bicyclic) bond motifs is 2. The highest BCUT2D eigenvalue weighted by Gasteiger charge is 2.35. The zero-order chi connectivity index (χ0) is 13.2. The van der Waals surface area contributed by atoms with Crippen LogP contribution in [0.4, 0.5) is 0 Å². The highest BCUT2D eigenvalue weighted by molar-refractivity contribution is 5.98. The van der Waals surface area contributed by atoms with E-state index in [1.165, 1.54) is 0 Å². The lowest BCUT2D eigenvalue weighted by Gasteiger charge is -2.39. The number of ether oxygens (including phenoxy) is 2. The highest BCUT2D eigenvalue weighted by atomic mass is 16.5. The van der Waals surface area contributed by atoms with E-state index in [4.69, 9.17) is 9.47 Å². The van der Waals surface area contributed by atoms with Crippen molar-refractivity contribution in [3.8, 4) is 5.75 Å². The number of carbonyl (C=O) groups excluding carboxylic acids is 1. The summed E-state index contributed by atoms with van der Waals surface area (Å²) < 4.78 is 10.7. The molecule has 0 saturated carbocycles. The van der Waals surface area contributed by atoms with E-state index in [0.29, 0.717) is 12.1 Å². The molecule has 2 atom stereocenters. The summed E-state index contributed by atoms with van der Waals surface area (Å²) in [7, 11) is 1.62. The topological polar surface area (TPSA) is 47.6 Å². The first-order valence-corrected chi connectivity index (χ1v) is 6.78. The third kappa shape index (κ3) is 2.65. The first-order valence-electron chi connectivity index (χ1n) is 6.78. The molecule has 102 valence electrons. The molecule has 19 heavy (non-hydrogen) atoms. The molecule has 0 spiro atoms. The van der Waals surface area contributed by atoms with Gasteiger partial charge in [0.15, 0.2) is 5.78 Å². The molecule has 3 rings (SSSR count). The number of methoxy groups -OCH3 is 1. The minimum Gasteiger partial charge on any atom is -0.497 e. The van der Waals surface area contributed by atoms with Crippen molar-refractivity contribution in [2.24, 2.45) is 5.92 Å². The number of carbonyl (C=O) groups is 1. The maximum atomic E-state index is 12.6. The predicted molar refractivity (Wildman–Crippen MR) is 71.6 cm³/mol. The number of hydrogen-bond acceptors (Lipinski definition) is 4. The van der Waals surface area contributed by atoms with Crippen molar-refractivity contribution < 1.29 is 14.3 Å². The Balaban J connectivity index is 1.76. The zero-order valence-corrected chi connectivity index (χ0v) is 11.1.